The average molecular weight is 816 g/mol. The van der Waals surface area contributed by atoms with Crippen molar-refractivity contribution in [1.82, 2.24) is 9.97 Å². The van der Waals surface area contributed by atoms with Crippen molar-refractivity contribution in [2.45, 2.75) is 38.9 Å². The number of aromatic nitrogens is 2. The first-order valence-electron chi connectivity index (χ1n) is 21.4. The van der Waals surface area contributed by atoms with E-state index in [1.54, 1.807) is 21.3 Å². The van der Waals surface area contributed by atoms with Crippen molar-refractivity contribution in [2.75, 3.05) is 0 Å². The molecule has 0 amide bonds. The zero-order valence-corrected chi connectivity index (χ0v) is 36.0. The molecule has 9 rings (SSSR count). The van der Waals surface area contributed by atoms with Crippen molar-refractivity contribution < 1.29 is 9.76 Å². The van der Waals surface area contributed by atoms with Crippen LogP contribution >= 0.6 is 0 Å². The Balaban J connectivity index is 1.23. The molecule has 305 valence electrons. The first-order valence-corrected chi connectivity index (χ1v) is 21.4. The molecule has 0 atom stereocenters. The summed E-state index contributed by atoms with van der Waals surface area (Å²) >= 11 is 0. The third-order valence-corrected chi connectivity index (χ3v) is 12.1. The largest absolute Gasteiger partial charge is 0.427 e. The highest BCUT2D eigenvalue weighted by Crippen LogP contribution is 2.43. The molecule has 0 fully saturated rings. The molecule has 0 bridgehead atoms. The summed E-state index contributed by atoms with van der Waals surface area (Å²) in [6, 6.07) is 69.9. The maximum Gasteiger partial charge on any atom is 0.330 e. The molecule has 0 spiro atoms. The lowest BCUT2D eigenvalue weighted by Gasteiger charge is -2.37. The molecule has 9 aromatic rings. The number of benzene rings is 7. The first kappa shape index (κ1) is 41.2. The normalized spacial score (nSPS) is 11.6. The predicted octanol–water partition coefficient (Wildman–Crippen LogP) is 13.6. The van der Waals surface area contributed by atoms with Crippen molar-refractivity contribution in [2.24, 2.45) is 0 Å². The van der Waals surface area contributed by atoms with Crippen LogP contribution in [-0.4, -0.2) is 33.8 Å². The van der Waals surface area contributed by atoms with Gasteiger partial charge in [0.15, 0.2) is 0 Å². The molecule has 1 N–H and O–H groups in total. The van der Waals surface area contributed by atoms with Crippen LogP contribution in [0.3, 0.4) is 0 Å². The van der Waals surface area contributed by atoms with Crippen LogP contribution < -0.4 is 5.46 Å². The van der Waals surface area contributed by atoms with E-state index in [-0.39, 0.29) is 0 Å². The molecule has 63 heavy (non-hydrogen) atoms. The number of rotatable bonds is 12. The standard InChI is InChI=1S/C58H48BN2O2/c1-57(2,62)58(3,4)63-59-46-34-44(47-29-17-19-31-49(47)53-38-60-55(42-25-13-7-14-26-42)36-51(53)40-21-9-5-10-22-40)33-45(35-46)48-30-18-20-32-50(48)54-39-61-56(43-27-15-8-16-28-43)37-52(54)41-23-11-6-12-24-41/h5-39,62H,1-4H3. The van der Waals surface area contributed by atoms with E-state index in [0.29, 0.717) is 0 Å². The van der Waals surface area contributed by atoms with Gasteiger partial charge in [0.1, 0.15) is 0 Å². The second kappa shape index (κ2) is 17.7. The smallest absolute Gasteiger partial charge is 0.330 e. The minimum Gasteiger partial charge on any atom is -0.427 e. The molecule has 2 aromatic heterocycles. The van der Waals surface area contributed by atoms with Gasteiger partial charge < -0.3 is 9.76 Å². The van der Waals surface area contributed by atoms with E-state index >= 15 is 0 Å². The second-order valence-corrected chi connectivity index (χ2v) is 16.9. The summed E-state index contributed by atoms with van der Waals surface area (Å²) in [6.07, 6.45) is 4.03. The van der Waals surface area contributed by atoms with Crippen molar-refractivity contribution >= 4 is 12.9 Å². The molecular weight excluding hydrogens is 767 g/mol. The van der Waals surface area contributed by atoms with Gasteiger partial charge in [-0.05, 0) is 102 Å². The van der Waals surface area contributed by atoms with Gasteiger partial charge >= 0.3 is 7.48 Å². The van der Waals surface area contributed by atoms with Gasteiger partial charge in [-0.25, -0.2) is 0 Å². The highest BCUT2D eigenvalue weighted by Gasteiger charge is 2.36. The fourth-order valence-electron chi connectivity index (χ4n) is 7.92. The fraction of sp³-hybridized carbons (Fsp3) is 0.103. The Kier molecular flexibility index (Phi) is 11.5. The number of pyridine rings is 2. The highest BCUT2D eigenvalue weighted by molar-refractivity contribution is 6.47. The Hall–Kier alpha value is -7.18. The van der Waals surface area contributed by atoms with Crippen molar-refractivity contribution in [1.29, 1.82) is 0 Å². The molecular formula is C58H48BN2O2. The number of hydrogen-bond donors (Lipinski definition) is 1. The van der Waals surface area contributed by atoms with Gasteiger partial charge in [-0.1, -0.05) is 187 Å². The lowest BCUT2D eigenvalue weighted by Crippen LogP contribution is -2.49. The maximum absolute atomic E-state index is 11.1. The topological polar surface area (TPSA) is 55.2 Å². The monoisotopic (exact) mass is 815 g/mol. The summed E-state index contributed by atoms with van der Waals surface area (Å²) in [5.74, 6) is 0. The maximum atomic E-state index is 11.1. The van der Waals surface area contributed by atoms with Gasteiger partial charge in [-0.2, -0.15) is 0 Å². The van der Waals surface area contributed by atoms with Crippen LogP contribution in [0.25, 0.3) is 89.3 Å². The Labute approximate surface area is 371 Å². The van der Waals surface area contributed by atoms with E-state index in [1.165, 1.54) is 0 Å². The number of hydrogen-bond acceptors (Lipinski definition) is 4. The molecule has 0 unspecified atom stereocenters. The van der Waals surface area contributed by atoms with E-state index in [2.05, 4.69) is 164 Å². The summed E-state index contributed by atoms with van der Waals surface area (Å²) < 4.78 is 6.46. The molecule has 0 aliphatic heterocycles. The van der Waals surface area contributed by atoms with Gasteiger partial charge in [0.2, 0.25) is 0 Å². The molecule has 5 heteroatoms. The zero-order chi connectivity index (χ0) is 43.4. The molecule has 0 aliphatic carbocycles. The summed E-state index contributed by atoms with van der Waals surface area (Å²) in [5, 5.41) is 11.1. The van der Waals surface area contributed by atoms with Crippen LogP contribution in [0.4, 0.5) is 0 Å². The number of aliphatic hydroxyl groups is 1. The Morgan fingerprint density at radius 3 is 1.10 bits per heavy atom. The van der Waals surface area contributed by atoms with Crippen LogP contribution in [0.5, 0.6) is 0 Å². The van der Waals surface area contributed by atoms with E-state index in [4.69, 9.17) is 14.6 Å². The van der Waals surface area contributed by atoms with Crippen molar-refractivity contribution in [3.63, 3.8) is 0 Å². The van der Waals surface area contributed by atoms with Gasteiger partial charge in [0.25, 0.3) is 0 Å². The van der Waals surface area contributed by atoms with Crippen LogP contribution in [0, 0.1) is 0 Å². The Morgan fingerprint density at radius 2 is 0.714 bits per heavy atom. The summed E-state index contributed by atoms with van der Waals surface area (Å²) in [4.78, 5) is 10.1. The van der Waals surface area contributed by atoms with Crippen LogP contribution in [0.1, 0.15) is 27.7 Å². The number of nitrogens with zero attached hydrogens (tertiary/aromatic N) is 2. The minimum atomic E-state index is -1.09. The summed E-state index contributed by atoms with van der Waals surface area (Å²) in [6.45, 7) is 7.37. The Bertz CT molecular complexity index is 2810. The van der Waals surface area contributed by atoms with Crippen molar-refractivity contribution in [3.8, 4) is 89.3 Å². The van der Waals surface area contributed by atoms with E-state index in [9.17, 15) is 5.11 Å². The third kappa shape index (κ3) is 8.80. The molecule has 0 aliphatic rings. The predicted molar refractivity (Wildman–Crippen MR) is 262 cm³/mol. The second-order valence-electron chi connectivity index (χ2n) is 16.9. The average Bonchev–Trinajstić information content (AvgIpc) is 3.33. The van der Waals surface area contributed by atoms with Crippen LogP contribution in [0.15, 0.2) is 213 Å². The first-order chi connectivity index (χ1) is 30.6. The van der Waals surface area contributed by atoms with Gasteiger partial charge in [-0.3, -0.25) is 9.97 Å². The molecule has 0 saturated heterocycles. The van der Waals surface area contributed by atoms with Crippen molar-refractivity contribution in [3.05, 3.63) is 213 Å². The quantitative estimate of drug-likeness (QED) is 0.125. The van der Waals surface area contributed by atoms with E-state index in [1.807, 2.05) is 62.6 Å². The summed E-state index contributed by atoms with van der Waals surface area (Å²) in [7, 11) is 1.79. The molecule has 1 radical (unpaired) electrons. The van der Waals surface area contributed by atoms with Crippen LogP contribution in [-0.2, 0) is 4.65 Å². The lowest BCUT2D eigenvalue weighted by atomic mass is 9.79. The molecule has 7 aromatic carbocycles. The Morgan fingerprint density at radius 1 is 0.365 bits per heavy atom. The zero-order valence-electron chi connectivity index (χ0n) is 36.0. The minimum absolute atomic E-state index is 0.867. The van der Waals surface area contributed by atoms with E-state index in [0.717, 1.165) is 94.7 Å². The van der Waals surface area contributed by atoms with Gasteiger partial charge in [0, 0.05) is 34.6 Å². The summed E-state index contributed by atoms with van der Waals surface area (Å²) in [5.41, 5.74) is 15.6. The molecule has 0 saturated carbocycles. The molecule has 2 heterocycles. The van der Waals surface area contributed by atoms with Crippen LogP contribution in [0.2, 0.25) is 0 Å². The van der Waals surface area contributed by atoms with E-state index < -0.39 is 11.2 Å². The third-order valence-electron chi connectivity index (χ3n) is 12.1. The lowest BCUT2D eigenvalue weighted by molar-refractivity contribution is -0.0893. The molecule has 4 nitrogen and oxygen atoms in total. The van der Waals surface area contributed by atoms with Gasteiger partial charge in [0.05, 0.1) is 22.6 Å². The highest BCUT2D eigenvalue weighted by atomic mass is 16.5. The SMILES string of the molecule is CC(C)(O)C(C)(C)O[B]c1cc(-c2ccccc2-c2cnc(-c3ccccc3)cc2-c2ccccc2)cc(-c2ccccc2-c2cnc(-c3ccccc3)cc2-c2ccccc2)c1. The fourth-order valence-corrected chi connectivity index (χ4v) is 7.92. The van der Waals surface area contributed by atoms with Gasteiger partial charge in [-0.15, -0.1) is 0 Å².